The maximum atomic E-state index is 13.2. The molecule has 170 valence electrons. The Morgan fingerprint density at radius 3 is 2.53 bits per heavy atom. The molecular weight excluding hydrogens is 462 g/mol. The summed E-state index contributed by atoms with van der Waals surface area (Å²) in [5.41, 5.74) is 2.01. The number of thiazole rings is 1. The van der Waals surface area contributed by atoms with Crippen LogP contribution in [-0.2, 0) is 10.0 Å². The Morgan fingerprint density at radius 2 is 1.88 bits per heavy atom. The summed E-state index contributed by atoms with van der Waals surface area (Å²) in [5, 5.41) is 2.89. The molecule has 0 aliphatic heterocycles. The molecule has 1 fully saturated rings. The molecule has 4 rings (SSSR count). The fourth-order valence-electron chi connectivity index (χ4n) is 4.18. The first kappa shape index (κ1) is 23.2. The van der Waals surface area contributed by atoms with Gasteiger partial charge in [0.1, 0.15) is 0 Å². The molecule has 3 aromatic rings. The van der Waals surface area contributed by atoms with E-state index in [9.17, 15) is 13.2 Å². The third kappa shape index (κ3) is 4.85. The summed E-state index contributed by atoms with van der Waals surface area (Å²) in [6.07, 6.45) is 7.13. The van der Waals surface area contributed by atoms with Crippen LogP contribution in [0.25, 0.3) is 10.2 Å². The highest BCUT2D eigenvalue weighted by molar-refractivity contribution is 8.00. The minimum Gasteiger partial charge on any atom is -0.322 e. The summed E-state index contributed by atoms with van der Waals surface area (Å²) >= 11 is 3.18. The van der Waals surface area contributed by atoms with Gasteiger partial charge in [0, 0.05) is 23.8 Å². The molecule has 9 heteroatoms. The molecule has 1 saturated carbocycles. The lowest BCUT2D eigenvalue weighted by Gasteiger charge is -2.32. The minimum absolute atomic E-state index is 0.0648. The van der Waals surface area contributed by atoms with Crippen molar-refractivity contribution in [3.05, 3.63) is 48.0 Å². The van der Waals surface area contributed by atoms with Gasteiger partial charge in [0.2, 0.25) is 10.0 Å². The lowest BCUT2D eigenvalue weighted by molar-refractivity contribution is 0.102. The maximum Gasteiger partial charge on any atom is 0.255 e. The van der Waals surface area contributed by atoms with Crippen molar-refractivity contribution in [2.75, 3.05) is 18.1 Å². The van der Waals surface area contributed by atoms with Gasteiger partial charge in [-0.25, -0.2) is 13.4 Å². The van der Waals surface area contributed by atoms with Crippen molar-refractivity contribution in [2.45, 2.75) is 54.3 Å². The number of thioether (sulfide) groups is 1. The van der Waals surface area contributed by atoms with Crippen LogP contribution in [0.15, 0.2) is 51.7 Å². The Kier molecular flexibility index (Phi) is 7.19. The number of benzene rings is 2. The average molecular weight is 490 g/mol. The number of fused-ring (bicyclic) bond motifs is 1. The van der Waals surface area contributed by atoms with E-state index in [1.807, 2.05) is 31.4 Å². The predicted molar refractivity (Wildman–Crippen MR) is 132 cm³/mol. The van der Waals surface area contributed by atoms with E-state index in [0.29, 0.717) is 17.8 Å². The molecule has 0 spiro atoms. The van der Waals surface area contributed by atoms with Gasteiger partial charge in [0.05, 0.1) is 15.1 Å². The molecule has 0 radical (unpaired) electrons. The molecule has 2 aromatic carbocycles. The average Bonchev–Trinajstić information content (AvgIpc) is 3.23. The highest BCUT2D eigenvalue weighted by Gasteiger charge is 2.31. The molecule has 1 aliphatic rings. The second-order valence-corrected chi connectivity index (χ2v) is 11.8. The summed E-state index contributed by atoms with van der Waals surface area (Å²) in [5.74, 6) is -0.275. The van der Waals surface area contributed by atoms with E-state index in [-0.39, 0.29) is 16.8 Å². The predicted octanol–water partition coefficient (Wildman–Crippen LogP) is 5.61. The van der Waals surface area contributed by atoms with Crippen LogP contribution in [0.1, 0.15) is 49.4 Å². The molecule has 6 nitrogen and oxygen atoms in total. The standard InChI is InChI=1S/C23H27N3O3S3/c1-3-26(18-7-5-4-6-8-18)32(28,29)19-12-9-16(10-13-19)22(27)24-17-11-14-20-21(15-17)31-23(25-20)30-2/h9-15,18H,3-8H2,1-2H3,(H,24,27). The van der Waals surface area contributed by atoms with Crippen LogP contribution >= 0.6 is 23.1 Å². The smallest absolute Gasteiger partial charge is 0.255 e. The molecule has 1 aliphatic carbocycles. The summed E-state index contributed by atoms with van der Waals surface area (Å²) in [6.45, 7) is 2.34. The van der Waals surface area contributed by atoms with Crippen molar-refractivity contribution >= 4 is 54.9 Å². The van der Waals surface area contributed by atoms with E-state index in [0.717, 1.165) is 40.2 Å². The third-order valence-corrected chi connectivity index (χ3v) is 9.86. The quantitative estimate of drug-likeness (QED) is 0.436. The SMILES string of the molecule is CCN(C1CCCCC1)S(=O)(=O)c1ccc(C(=O)Nc2ccc3nc(SC)sc3c2)cc1. The Bertz CT molecular complexity index is 1200. The summed E-state index contributed by atoms with van der Waals surface area (Å²) in [7, 11) is -3.58. The van der Waals surface area contributed by atoms with Crippen LogP contribution in [0.4, 0.5) is 5.69 Å². The lowest BCUT2D eigenvalue weighted by Crippen LogP contribution is -2.41. The van der Waals surface area contributed by atoms with Gasteiger partial charge >= 0.3 is 0 Å². The van der Waals surface area contributed by atoms with Crippen LogP contribution in [0.2, 0.25) is 0 Å². The summed E-state index contributed by atoms with van der Waals surface area (Å²) in [6, 6.07) is 11.9. The Balaban J connectivity index is 1.49. The zero-order chi connectivity index (χ0) is 22.7. The maximum absolute atomic E-state index is 13.2. The van der Waals surface area contributed by atoms with Crippen molar-refractivity contribution in [3.63, 3.8) is 0 Å². The van der Waals surface area contributed by atoms with Gasteiger partial charge in [-0.15, -0.1) is 11.3 Å². The van der Waals surface area contributed by atoms with Crippen molar-refractivity contribution in [3.8, 4) is 0 Å². The molecule has 1 aromatic heterocycles. The zero-order valence-corrected chi connectivity index (χ0v) is 20.7. The Hall–Kier alpha value is -1.94. The van der Waals surface area contributed by atoms with Gasteiger partial charge in [-0.2, -0.15) is 4.31 Å². The van der Waals surface area contributed by atoms with E-state index in [1.165, 1.54) is 18.6 Å². The number of nitrogens with one attached hydrogen (secondary N) is 1. The van der Waals surface area contributed by atoms with Crippen LogP contribution in [0.5, 0.6) is 0 Å². The number of carbonyl (C=O) groups is 1. The molecule has 0 bridgehead atoms. The normalized spacial score (nSPS) is 15.3. The molecule has 1 heterocycles. The Labute approximate surface area is 197 Å². The third-order valence-electron chi connectivity index (χ3n) is 5.82. The highest BCUT2D eigenvalue weighted by atomic mass is 32.2. The molecule has 0 saturated heterocycles. The second kappa shape index (κ2) is 9.91. The minimum atomic E-state index is -3.58. The zero-order valence-electron chi connectivity index (χ0n) is 18.2. The van der Waals surface area contributed by atoms with Crippen molar-refractivity contribution in [2.24, 2.45) is 0 Å². The first-order valence-corrected chi connectivity index (χ1v) is 14.3. The fraction of sp³-hybridized carbons (Fsp3) is 0.391. The van der Waals surface area contributed by atoms with E-state index in [4.69, 9.17) is 0 Å². The number of anilines is 1. The van der Waals surface area contributed by atoms with Gasteiger partial charge in [0.15, 0.2) is 4.34 Å². The number of carbonyl (C=O) groups excluding carboxylic acids is 1. The topological polar surface area (TPSA) is 79.4 Å². The van der Waals surface area contributed by atoms with Crippen molar-refractivity contribution in [1.29, 1.82) is 0 Å². The first-order chi connectivity index (χ1) is 15.4. The monoisotopic (exact) mass is 489 g/mol. The number of amides is 1. The number of rotatable bonds is 7. The van der Waals surface area contributed by atoms with E-state index in [2.05, 4.69) is 10.3 Å². The first-order valence-electron chi connectivity index (χ1n) is 10.8. The van der Waals surface area contributed by atoms with Crippen molar-refractivity contribution in [1.82, 2.24) is 9.29 Å². The molecular formula is C23H27N3O3S3. The highest BCUT2D eigenvalue weighted by Crippen LogP contribution is 2.30. The lowest BCUT2D eigenvalue weighted by atomic mass is 9.95. The van der Waals surface area contributed by atoms with E-state index < -0.39 is 10.0 Å². The van der Waals surface area contributed by atoms with E-state index in [1.54, 1.807) is 39.5 Å². The Morgan fingerprint density at radius 1 is 1.16 bits per heavy atom. The molecule has 0 unspecified atom stereocenters. The number of hydrogen-bond acceptors (Lipinski definition) is 6. The van der Waals surface area contributed by atoms with Crippen LogP contribution < -0.4 is 5.32 Å². The molecule has 1 amide bonds. The summed E-state index contributed by atoms with van der Waals surface area (Å²) < 4.78 is 30.0. The number of sulfonamides is 1. The van der Waals surface area contributed by atoms with Crippen LogP contribution in [0, 0.1) is 0 Å². The van der Waals surface area contributed by atoms with Crippen LogP contribution in [0.3, 0.4) is 0 Å². The van der Waals surface area contributed by atoms with Crippen LogP contribution in [-0.4, -0.2) is 42.5 Å². The van der Waals surface area contributed by atoms with Gasteiger partial charge in [-0.05, 0) is 61.6 Å². The second-order valence-electron chi connectivity index (χ2n) is 7.85. The number of hydrogen-bond donors (Lipinski definition) is 1. The summed E-state index contributed by atoms with van der Waals surface area (Å²) in [4.78, 5) is 17.5. The fourth-order valence-corrected chi connectivity index (χ4v) is 7.40. The van der Waals surface area contributed by atoms with E-state index >= 15 is 0 Å². The molecule has 1 N–H and O–H groups in total. The van der Waals surface area contributed by atoms with Crippen molar-refractivity contribution < 1.29 is 13.2 Å². The number of aromatic nitrogens is 1. The van der Waals surface area contributed by atoms with Gasteiger partial charge in [-0.3, -0.25) is 4.79 Å². The number of nitrogens with zero attached hydrogens (tertiary/aromatic N) is 2. The van der Waals surface area contributed by atoms with Gasteiger partial charge < -0.3 is 5.32 Å². The molecule has 32 heavy (non-hydrogen) atoms. The largest absolute Gasteiger partial charge is 0.322 e. The molecule has 0 atom stereocenters. The van der Waals surface area contributed by atoms with Gasteiger partial charge in [0.25, 0.3) is 5.91 Å². The van der Waals surface area contributed by atoms with Gasteiger partial charge in [-0.1, -0.05) is 37.9 Å².